The van der Waals surface area contributed by atoms with Crippen LogP contribution in [0.15, 0.2) is 72.8 Å². The zero-order valence-electron chi connectivity index (χ0n) is 24.7. The van der Waals surface area contributed by atoms with Crippen molar-refractivity contribution in [3.63, 3.8) is 0 Å². The highest BCUT2D eigenvalue weighted by atomic mass is 35.5. The van der Waals surface area contributed by atoms with E-state index in [4.69, 9.17) is 27.9 Å². The summed E-state index contributed by atoms with van der Waals surface area (Å²) in [6.07, 6.45) is -2.89. The zero-order chi connectivity index (χ0) is 32.3. The number of hydrogen-bond donors (Lipinski definition) is 1. The van der Waals surface area contributed by atoms with Crippen LogP contribution in [0.25, 0.3) is 0 Å². The normalized spacial score (nSPS) is 19.8. The summed E-state index contributed by atoms with van der Waals surface area (Å²) in [5, 5.41) is 9.68. The molecule has 0 radical (unpaired) electrons. The topological polar surface area (TPSA) is 104 Å². The van der Waals surface area contributed by atoms with Crippen LogP contribution in [0.2, 0.25) is 10.0 Å². The molecule has 1 amide bonds. The summed E-state index contributed by atoms with van der Waals surface area (Å²) in [6.45, 7) is 6.37. The highest BCUT2D eigenvalue weighted by molar-refractivity contribution is 7.93. The number of carbonyl (C=O) groups is 2. The lowest BCUT2D eigenvalue weighted by atomic mass is 9.88. The fraction of sp³-hybridized carbons (Fsp3) is 0.375. The van der Waals surface area contributed by atoms with Crippen molar-refractivity contribution in [2.45, 2.75) is 63.7 Å². The molecule has 0 bridgehead atoms. The molecule has 0 saturated carbocycles. The third kappa shape index (κ3) is 7.20. The van der Waals surface area contributed by atoms with Crippen LogP contribution in [0.1, 0.15) is 57.4 Å². The quantitative estimate of drug-likeness (QED) is 0.239. The molecule has 1 aliphatic rings. The van der Waals surface area contributed by atoms with Crippen molar-refractivity contribution in [3.8, 4) is 0 Å². The molecule has 3 aromatic rings. The van der Waals surface area contributed by atoms with E-state index in [1.807, 2.05) is 13.8 Å². The molecule has 3 aromatic carbocycles. The second kappa shape index (κ2) is 13.9. The molecule has 236 valence electrons. The van der Waals surface area contributed by atoms with E-state index >= 15 is 4.39 Å². The Morgan fingerprint density at radius 2 is 1.64 bits per heavy atom. The summed E-state index contributed by atoms with van der Waals surface area (Å²) in [5.74, 6) is -2.97. The monoisotopic (exact) mass is 664 g/mol. The lowest BCUT2D eigenvalue weighted by molar-refractivity contribution is -0.184. The molecule has 1 saturated heterocycles. The first kappa shape index (κ1) is 33.7. The molecule has 44 heavy (non-hydrogen) atoms. The number of sulfonamides is 1. The van der Waals surface area contributed by atoms with Gasteiger partial charge in [-0.05, 0) is 67.3 Å². The maximum absolute atomic E-state index is 15.2. The number of benzene rings is 3. The second-order valence-corrected chi connectivity index (χ2v) is 14.6. The number of carboxylic acids is 1. The Morgan fingerprint density at radius 1 is 0.977 bits per heavy atom. The molecule has 0 spiro atoms. The lowest BCUT2D eigenvalue weighted by Gasteiger charge is -2.50. The zero-order valence-corrected chi connectivity index (χ0v) is 27.1. The SMILES string of the molecule is CC(C)[C@@H](CN(c1ccccc1F)S(=O)(=O)C(C)C)N1C(=O)C(CC(=O)O)OC(c2cccc(Cl)c2)[C@H]1c1ccc(Cl)cc1. The van der Waals surface area contributed by atoms with Crippen molar-refractivity contribution in [2.75, 3.05) is 10.8 Å². The molecule has 1 heterocycles. The summed E-state index contributed by atoms with van der Waals surface area (Å²) in [4.78, 5) is 27.7. The minimum Gasteiger partial charge on any atom is -0.481 e. The van der Waals surface area contributed by atoms with Gasteiger partial charge in [-0.1, -0.05) is 73.4 Å². The van der Waals surface area contributed by atoms with Gasteiger partial charge in [-0.25, -0.2) is 12.8 Å². The van der Waals surface area contributed by atoms with Crippen LogP contribution < -0.4 is 4.31 Å². The van der Waals surface area contributed by atoms with E-state index in [1.165, 1.54) is 36.9 Å². The number of rotatable bonds is 11. The summed E-state index contributed by atoms with van der Waals surface area (Å²) < 4.78 is 50.0. The molecule has 2 unspecified atom stereocenters. The lowest BCUT2D eigenvalue weighted by Crippen LogP contribution is -2.59. The Labute approximate surface area is 267 Å². The number of anilines is 1. The van der Waals surface area contributed by atoms with Gasteiger partial charge in [-0.3, -0.25) is 13.9 Å². The second-order valence-electron chi connectivity index (χ2n) is 11.3. The van der Waals surface area contributed by atoms with Crippen molar-refractivity contribution < 1.29 is 32.2 Å². The highest BCUT2D eigenvalue weighted by Gasteiger charge is 2.49. The molecule has 0 aromatic heterocycles. The number of hydrogen-bond acceptors (Lipinski definition) is 5. The van der Waals surface area contributed by atoms with E-state index in [1.54, 1.807) is 54.6 Å². The number of para-hydroxylation sites is 1. The van der Waals surface area contributed by atoms with E-state index in [0.29, 0.717) is 21.2 Å². The first-order valence-corrected chi connectivity index (χ1v) is 16.4. The van der Waals surface area contributed by atoms with Crippen molar-refractivity contribution in [1.82, 2.24) is 4.90 Å². The maximum Gasteiger partial charge on any atom is 0.306 e. The van der Waals surface area contributed by atoms with E-state index in [0.717, 1.165) is 4.31 Å². The van der Waals surface area contributed by atoms with Crippen LogP contribution in [0, 0.1) is 11.7 Å². The number of aliphatic carboxylic acids is 1. The Kier molecular flexibility index (Phi) is 10.6. The molecule has 4 rings (SSSR count). The van der Waals surface area contributed by atoms with Crippen molar-refractivity contribution in [2.24, 2.45) is 5.92 Å². The van der Waals surface area contributed by atoms with Crippen LogP contribution >= 0.6 is 23.2 Å². The Morgan fingerprint density at radius 3 is 2.20 bits per heavy atom. The van der Waals surface area contributed by atoms with Gasteiger partial charge in [0.1, 0.15) is 18.0 Å². The standard InChI is InChI=1S/C32H35Cl2FN2O6S/c1-19(2)27(18-36(44(41,42)20(3)4)26-11-6-5-10-25(26)35)37-30(21-12-14-23(33)15-13-21)31(22-8-7-9-24(34)16-22)43-28(32(37)40)17-29(38)39/h5-16,19-20,27-28,30-31H,17-18H2,1-4H3,(H,38,39)/t27-,28?,30-,31?/m1/s1. The summed E-state index contributed by atoms with van der Waals surface area (Å²) in [5.41, 5.74) is 1.06. The van der Waals surface area contributed by atoms with E-state index < -0.39 is 63.7 Å². The first-order valence-electron chi connectivity index (χ1n) is 14.2. The minimum absolute atomic E-state index is 0.149. The molecule has 0 aliphatic carbocycles. The molecule has 1 fully saturated rings. The third-order valence-electron chi connectivity index (χ3n) is 7.68. The minimum atomic E-state index is -4.10. The Bertz CT molecular complexity index is 1600. The van der Waals surface area contributed by atoms with E-state index in [9.17, 15) is 23.1 Å². The molecule has 1 aliphatic heterocycles. The average molecular weight is 666 g/mol. The fourth-order valence-electron chi connectivity index (χ4n) is 5.40. The van der Waals surface area contributed by atoms with Gasteiger partial charge in [-0.15, -0.1) is 0 Å². The molecular formula is C32H35Cl2FN2O6S. The van der Waals surface area contributed by atoms with E-state index in [-0.39, 0.29) is 18.2 Å². The van der Waals surface area contributed by atoms with Crippen LogP contribution in [-0.4, -0.2) is 54.2 Å². The molecule has 12 heteroatoms. The predicted molar refractivity (Wildman–Crippen MR) is 169 cm³/mol. The van der Waals surface area contributed by atoms with Gasteiger partial charge < -0.3 is 14.7 Å². The van der Waals surface area contributed by atoms with Gasteiger partial charge in [-0.2, -0.15) is 0 Å². The van der Waals surface area contributed by atoms with E-state index in [2.05, 4.69) is 0 Å². The number of carboxylic acid groups (broad SMARTS) is 1. The van der Waals surface area contributed by atoms with Crippen LogP contribution in [-0.2, 0) is 24.3 Å². The first-order chi connectivity index (χ1) is 20.7. The fourth-order valence-corrected chi connectivity index (χ4v) is 7.02. The van der Waals surface area contributed by atoms with Crippen LogP contribution in [0.5, 0.6) is 0 Å². The number of carbonyl (C=O) groups excluding carboxylic acids is 1. The van der Waals surface area contributed by atoms with Gasteiger partial charge in [0, 0.05) is 10.0 Å². The summed E-state index contributed by atoms with van der Waals surface area (Å²) in [6, 6.07) is 17.5. The van der Waals surface area contributed by atoms with Gasteiger partial charge in [0.25, 0.3) is 5.91 Å². The largest absolute Gasteiger partial charge is 0.481 e. The number of ether oxygens (including phenoxy) is 1. The smallest absolute Gasteiger partial charge is 0.306 e. The number of morpholine rings is 1. The molecule has 1 N–H and O–H groups in total. The van der Waals surface area contributed by atoms with Crippen molar-refractivity contribution in [3.05, 3.63) is 99.8 Å². The van der Waals surface area contributed by atoms with Crippen molar-refractivity contribution in [1.29, 1.82) is 0 Å². The molecular weight excluding hydrogens is 630 g/mol. The summed E-state index contributed by atoms with van der Waals surface area (Å²) >= 11 is 12.6. The van der Waals surface area contributed by atoms with Gasteiger partial charge in [0.15, 0.2) is 0 Å². The molecule has 8 nitrogen and oxygen atoms in total. The van der Waals surface area contributed by atoms with Crippen LogP contribution in [0.3, 0.4) is 0 Å². The number of amides is 1. The maximum atomic E-state index is 15.2. The van der Waals surface area contributed by atoms with Gasteiger partial charge in [0.2, 0.25) is 10.0 Å². The van der Waals surface area contributed by atoms with Crippen LogP contribution in [0.4, 0.5) is 10.1 Å². The number of nitrogens with zero attached hydrogens (tertiary/aromatic N) is 2. The average Bonchev–Trinajstić information content (AvgIpc) is 2.95. The summed E-state index contributed by atoms with van der Waals surface area (Å²) in [7, 11) is -4.10. The predicted octanol–water partition coefficient (Wildman–Crippen LogP) is 6.89. The Hall–Kier alpha value is -3.18. The third-order valence-corrected chi connectivity index (χ3v) is 10.3. The van der Waals surface area contributed by atoms with Crippen molar-refractivity contribution >= 4 is 50.8 Å². The number of halogens is 3. The molecule has 4 atom stereocenters. The van der Waals surface area contributed by atoms with Gasteiger partial charge in [0.05, 0.1) is 36.0 Å². The Balaban J connectivity index is 1.95. The van der Waals surface area contributed by atoms with Gasteiger partial charge >= 0.3 is 5.97 Å². The highest BCUT2D eigenvalue weighted by Crippen LogP contribution is 2.45.